The highest BCUT2D eigenvalue weighted by Crippen LogP contribution is 2.24. The van der Waals surface area contributed by atoms with Gasteiger partial charge in [-0.15, -0.1) is 0 Å². The average Bonchev–Trinajstić information content (AvgIpc) is 2.37. The summed E-state index contributed by atoms with van der Waals surface area (Å²) >= 11 is 3.42. The number of unbranched alkanes of at least 4 members (excludes halogenated alkanes) is 1. The molecular weight excluding hydrogens is 308 g/mol. The number of allylic oxidation sites excluding steroid dienone is 1. The number of rotatable bonds is 10. The SMILES string of the molecule is C/C=C\O[C@H](C(C)C)[C@@H](CCCCBr)C(=O)OCC. The highest BCUT2D eigenvalue weighted by Gasteiger charge is 2.32. The summed E-state index contributed by atoms with van der Waals surface area (Å²) in [6, 6.07) is 0. The normalized spacial score (nSPS) is 14.6. The molecule has 3 nitrogen and oxygen atoms in total. The van der Waals surface area contributed by atoms with Crippen molar-refractivity contribution in [2.24, 2.45) is 11.8 Å². The van der Waals surface area contributed by atoms with Crippen molar-refractivity contribution in [1.82, 2.24) is 0 Å². The molecule has 0 amide bonds. The first kappa shape index (κ1) is 18.5. The van der Waals surface area contributed by atoms with E-state index in [9.17, 15) is 4.79 Å². The lowest BCUT2D eigenvalue weighted by Crippen LogP contribution is -2.35. The molecule has 112 valence electrons. The van der Waals surface area contributed by atoms with Crippen molar-refractivity contribution in [2.75, 3.05) is 11.9 Å². The van der Waals surface area contributed by atoms with Gasteiger partial charge >= 0.3 is 5.97 Å². The monoisotopic (exact) mass is 334 g/mol. The Morgan fingerprint density at radius 1 is 1.32 bits per heavy atom. The third-order valence-corrected chi connectivity index (χ3v) is 3.47. The number of carbonyl (C=O) groups is 1. The minimum absolute atomic E-state index is 0.120. The Balaban J connectivity index is 4.76. The quantitative estimate of drug-likeness (QED) is 0.258. The van der Waals surface area contributed by atoms with Crippen LogP contribution in [0.4, 0.5) is 0 Å². The summed E-state index contributed by atoms with van der Waals surface area (Å²) in [4.78, 5) is 12.1. The van der Waals surface area contributed by atoms with E-state index in [0.29, 0.717) is 6.61 Å². The molecule has 0 bridgehead atoms. The van der Waals surface area contributed by atoms with E-state index in [1.165, 1.54) is 0 Å². The molecule has 0 N–H and O–H groups in total. The van der Waals surface area contributed by atoms with Gasteiger partial charge in [-0.2, -0.15) is 0 Å². The number of halogens is 1. The second-order valence-electron chi connectivity index (χ2n) is 4.86. The molecular formula is C15H27BrO3. The third kappa shape index (κ3) is 7.61. The van der Waals surface area contributed by atoms with E-state index in [0.717, 1.165) is 24.6 Å². The molecule has 4 heteroatoms. The molecule has 0 aromatic rings. The average molecular weight is 335 g/mol. The molecule has 0 aliphatic heterocycles. The smallest absolute Gasteiger partial charge is 0.312 e. The Labute approximate surface area is 125 Å². The topological polar surface area (TPSA) is 35.5 Å². The van der Waals surface area contributed by atoms with Crippen molar-refractivity contribution in [3.63, 3.8) is 0 Å². The summed E-state index contributed by atoms with van der Waals surface area (Å²) < 4.78 is 10.9. The maximum absolute atomic E-state index is 12.1. The molecule has 0 spiro atoms. The maximum atomic E-state index is 12.1. The molecule has 2 atom stereocenters. The fourth-order valence-corrected chi connectivity index (χ4v) is 2.41. The van der Waals surface area contributed by atoms with Crippen molar-refractivity contribution >= 4 is 21.9 Å². The zero-order chi connectivity index (χ0) is 14.7. The Bertz CT molecular complexity index is 264. The van der Waals surface area contributed by atoms with Crippen LogP contribution in [-0.2, 0) is 14.3 Å². The lowest BCUT2D eigenvalue weighted by molar-refractivity contribution is -0.154. The van der Waals surface area contributed by atoms with Crippen molar-refractivity contribution in [2.45, 2.75) is 53.1 Å². The van der Waals surface area contributed by atoms with Crippen LogP contribution in [0.25, 0.3) is 0 Å². The van der Waals surface area contributed by atoms with Crippen molar-refractivity contribution in [1.29, 1.82) is 0 Å². The Kier molecular flexibility index (Phi) is 11.0. The molecule has 0 saturated carbocycles. The van der Waals surface area contributed by atoms with Crippen LogP contribution in [0.5, 0.6) is 0 Å². The maximum Gasteiger partial charge on any atom is 0.312 e. The molecule has 0 saturated heterocycles. The Morgan fingerprint density at radius 2 is 2.00 bits per heavy atom. The molecule has 0 aliphatic rings. The largest absolute Gasteiger partial charge is 0.497 e. The number of hydrogen-bond acceptors (Lipinski definition) is 3. The molecule has 0 aliphatic carbocycles. The lowest BCUT2D eigenvalue weighted by Gasteiger charge is -2.28. The predicted octanol–water partition coefficient (Wildman–Crippen LogP) is 4.31. The highest BCUT2D eigenvalue weighted by molar-refractivity contribution is 9.09. The minimum atomic E-state index is -0.185. The molecule has 0 heterocycles. The first-order valence-corrected chi connectivity index (χ1v) is 8.19. The standard InChI is InChI=1S/C15H27BrO3/c1-5-11-19-14(12(3)4)13(9-7-8-10-16)15(17)18-6-2/h5,11-14H,6-10H2,1-4H3/b11-5-/t13-,14-/m1/s1. The second-order valence-corrected chi connectivity index (χ2v) is 5.65. The van der Waals surface area contributed by atoms with E-state index in [1.54, 1.807) is 6.26 Å². The number of esters is 1. The molecule has 0 aromatic heterocycles. The molecule has 0 radical (unpaired) electrons. The summed E-state index contributed by atoms with van der Waals surface area (Å²) in [5, 5.41) is 0.963. The van der Waals surface area contributed by atoms with Gasteiger partial charge in [0.1, 0.15) is 6.10 Å². The van der Waals surface area contributed by atoms with Crippen LogP contribution in [0, 0.1) is 11.8 Å². The van der Waals surface area contributed by atoms with E-state index in [4.69, 9.17) is 9.47 Å². The van der Waals surface area contributed by atoms with Crippen LogP contribution in [0.2, 0.25) is 0 Å². The zero-order valence-corrected chi connectivity index (χ0v) is 14.1. The van der Waals surface area contributed by atoms with E-state index in [1.807, 2.05) is 19.9 Å². The number of carbonyl (C=O) groups excluding carboxylic acids is 1. The van der Waals surface area contributed by atoms with E-state index < -0.39 is 0 Å². The second kappa shape index (κ2) is 11.3. The van der Waals surface area contributed by atoms with Crippen LogP contribution in [0.15, 0.2) is 12.3 Å². The summed E-state index contributed by atoms with van der Waals surface area (Å²) in [7, 11) is 0. The highest BCUT2D eigenvalue weighted by atomic mass is 79.9. The lowest BCUT2D eigenvalue weighted by atomic mass is 9.89. The summed E-state index contributed by atoms with van der Waals surface area (Å²) in [5.41, 5.74) is 0. The van der Waals surface area contributed by atoms with Crippen molar-refractivity contribution in [3.05, 3.63) is 12.3 Å². The number of alkyl halides is 1. The van der Waals surface area contributed by atoms with Gasteiger partial charge in [0.05, 0.1) is 18.8 Å². The van der Waals surface area contributed by atoms with Gasteiger partial charge in [0, 0.05) is 5.33 Å². The molecule has 0 aromatic carbocycles. The van der Waals surface area contributed by atoms with Gasteiger partial charge in [-0.3, -0.25) is 4.79 Å². The van der Waals surface area contributed by atoms with Crippen LogP contribution >= 0.6 is 15.9 Å². The summed E-state index contributed by atoms with van der Waals surface area (Å²) in [5.74, 6) is -0.0509. The first-order chi connectivity index (χ1) is 9.08. The van der Waals surface area contributed by atoms with Gasteiger partial charge in [0.2, 0.25) is 0 Å². The molecule has 0 unspecified atom stereocenters. The van der Waals surface area contributed by atoms with Crippen LogP contribution < -0.4 is 0 Å². The van der Waals surface area contributed by atoms with E-state index in [-0.39, 0.29) is 23.9 Å². The third-order valence-electron chi connectivity index (χ3n) is 2.91. The Morgan fingerprint density at radius 3 is 2.47 bits per heavy atom. The fraction of sp³-hybridized carbons (Fsp3) is 0.800. The van der Waals surface area contributed by atoms with E-state index in [2.05, 4.69) is 29.8 Å². The predicted molar refractivity (Wildman–Crippen MR) is 82.3 cm³/mol. The van der Waals surface area contributed by atoms with Crippen molar-refractivity contribution < 1.29 is 14.3 Å². The van der Waals surface area contributed by atoms with Gasteiger partial charge in [-0.1, -0.05) is 42.3 Å². The zero-order valence-electron chi connectivity index (χ0n) is 12.5. The molecule has 0 rings (SSSR count). The first-order valence-electron chi connectivity index (χ1n) is 7.07. The van der Waals surface area contributed by atoms with Gasteiger partial charge < -0.3 is 9.47 Å². The minimum Gasteiger partial charge on any atom is -0.497 e. The Hall–Kier alpha value is -0.510. The fourth-order valence-electron chi connectivity index (χ4n) is 2.01. The summed E-state index contributed by atoms with van der Waals surface area (Å²) in [6.45, 7) is 8.31. The number of hydrogen-bond donors (Lipinski definition) is 0. The van der Waals surface area contributed by atoms with Crippen LogP contribution in [0.3, 0.4) is 0 Å². The molecule has 19 heavy (non-hydrogen) atoms. The van der Waals surface area contributed by atoms with Crippen LogP contribution in [-0.4, -0.2) is 24.0 Å². The molecule has 0 fully saturated rings. The van der Waals surface area contributed by atoms with Gasteiger partial charge in [-0.25, -0.2) is 0 Å². The number of ether oxygens (including phenoxy) is 2. The summed E-state index contributed by atoms with van der Waals surface area (Å²) in [6.07, 6.45) is 6.26. The van der Waals surface area contributed by atoms with Crippen LogP contribution in [0.1, 0.15) is 47.0 Å². The van der Waals surface area contributed by atoms with Crippen molar-refractivity contribution in [3.8, 4) is 0 Å². The van der Waals surface area contributed by atoms with Gasteiger partial charge in [0.15, 0.2) is 0 Å². The van der Waals surface area contributed by atoms with Gasteiger partial charge in [0.25, 0.3) is 0 Å². The van der Waals surface area contributed by atoms with Gasteiger partial charge in [-0.05, 0) is 32.6 Å². The van der Waals surface area contributed by atoms with E-state index >= 15 is 0 Å².